The largest absolute Gasteiger partial charge is 0.495 e. The first-order chi connectivity index (χ1) is 11.5. The Kier molecular flexibility index (Phi) is 4.29. The highest BCUT2D eigenvalue weighted by molar-refractivity contribution is 6.03. The Morgan fingerprint density at radius 1 is 1.29 bits per heavy atom. The number of piperazine rings is 1. The number of methoxy groups -OCH3 is 1. The summed E-state index contributed by atoms with van der Waals surface area (Å²) in [7, 11) is 1.58. The van der Waals surface area contributed by atoms with Gasteiger partial charge in [-0.3, -0.25) is 9.59 Å². The molecule has 3 rings (SSSR count). The monoisotopic (exact) mass is 328 g/mol. The first kappa shape index (κ1) is 16.1. The van der Waals surface area contributed by atoms with Crippen LogP contribution in [0.2, 0.25) is 0 Å². The quantitative estimate of drug-likeness (QED) is 0.868. The second-order valence-corrected chi connectivity index (χ2v) is 5.82. The van der Waals surface area contributed by atoms with Gasteiger partial charge in [-0.1, -0.05) is 6.07 Å². The molecule has 1 aliphatic rings. The molecule has 0 N–H and O–H groups in total. The maximum atomic E-state index is 12.8. The van der Waals surface area contributed by atoms with Crippen molar-refractivity contribution < 1.29 is 18.7 Å². The van der Waals surface area contributed by atoms with Crippen molar-refractivity contribution in [1.29, 1.82) is 0 Å². The first-order valence-electron chi connectivity index (χ1n) is 7.83. The average Bonchev–Trinajstić information content (AvgIpc) is 3.11. The van der Waals surface area contributed by atoms with Gasteiger partial charge in [-0.25, -0.2) is 0 Å². The Morgan fingerprint density at radius 2 is 2.08 bits per heavy atom. The van der Waals surface area contributed by atoms with Gasteiger partial charge in [0.25, 0.3) is 5.91 Å². The predicted octanol–water partition coefficient (Wildman–Crippen LogP) is 2.47. The first-order valence-corrected chi connectivity index (χ1v) is 7.83. The van der Waals surface area contributed by atoms with Gasteiger partial charge in [-0.2, -0.15) is 0 Å². The Morgan fingerprint density at radius 3 is 2.75 bits per heavy atom. The fraction of sp³-hybridized carbons (Fsp3) is 0.333. The zero-order valence-corrected chi connectivity index (χ0v) is 14.0. The summed E-state index contributed by atoms with van der Waals surface area (Å²) in [5, 5.41) is 0. The number of carbonyl (C=O) groups excluding carboxylic acids is 2. The van der Waals surface area contributed by atoms with E-state index in [1.54, 1.807) is 36.0 Å². The minimum absolute atomic E-state index is 0.134. The molecule has 0 radical (unpaired) electrons. The molecule has 2 heterocycles. The third kappa shape index (κ3) is 2.75. The molecule has 0 aliphatic carbocycles. The summed E-state index contributed by atoms with van der Waals surface area (Å²) in [6, 6.07) is 8.41. The Labute approximate surface area is 140 Å². The molecule has 1 fully saturated rings. The molecule has 1 saturated heterocycles. The molecule has 0 bridgehead atoms. The van der Waals surface area contributed by atoms with E-state index in [2.05, 4.69) is 0 Å². The van der Waals surface area contributed by atoms with Crippen molar-refractivity contribution in [3.05, 3.63) is 47.9 Å². The number of rotatable bonds is 3. The van der Waals surface area contributed by atoms with E-state index in [0.29, 0.717) is 18.8 Å². The molecule has 1 aromatic heterocycles. The van der Waals surface area contributed by atoms with Crippen molar-refractivity contribution in [1.82, 2.24) is 4.90 Å². The average molecular weight is 328 g/mol. The second kappa shape index (κ2) is 6.39. The zero-order chi connectivity index (χ0) is 17.3. The molecular weight excluding hydrogens is 308 g/mol. The van der Waals surface area contributed by atoms with Crippen LogP contribution in [0.25, 0.3) is 0 Å². The van der Waals surface area contributed by atoms with Crippen molar-refractivity contribution in [2.45, 2.75) is 19.9 Å². The van der Waals surface area contributed by atoms with Crippen LogP contribution in [0.5, 0.6) is 5.75 Å². The van der Waals surface area contributed by atoms with Crippen LogP contribution in [0.15, 0.2) is 41.0 Å². The predicted molar refractivity (Wildman–Crippen MR) is 89.3 cm³/mol. The summed E-state index contributed by atoms with van der Waals surface area (Å²) in [4.78, 5) is 28.5. The maximum Gasteiger partial charge on any atom is 0.290 e. The van der Waals surface area contributed by atoms with Gasteiger partial charge in [0, 0.05) is 13.1 Å². The Balaban J connectivity index is 1.85. The number of aryl methyl sites for hydroxylation is 1. The topological polar surface area (TPSA) is 63.0 Å². The van der Waals surface area contributed by atoms with Crippen LogP contribution < -0.4 is 9.64 Å². The van der Waals surface area contributed by atoms with Gasteiger partial charge in [0.15, 0.2) is 5.76 Å². The lowest BCUT2D eigenvalue weighted by atomic mass is 10.1. The molecule has 1 aromatic carbocycles. The molecule has 0 saturated carbocycles. The van der Waals surface area contributed by atoms with Crippen molar-refractivity contribution in [2.75, 3.05) is 25.1 Å². The third-order valence-electron chi connectivity index (χ3n) is 4.27. The molecule has 1 atom stereocenters. The van der Waals surface area contributed by atoms with E-state index in [1.165, 1.54) is 6.26 Å². The zero-order valence-electron chi connectivity index (χ0n) is 14.0. The molecule has 1 unspecified atom stereocenters. The SMILES string of the molecule is COc1ccc(C)cc1N1CCN(C(=O)c2ccco2)C(C)C1=O. The second-order valence-electron chi connectivity index (χ2n) is 5.82. The molecule has 126 valence electrons. The molecule has 6 nitrogen and oxygen atoms in total. The highest BCUT2D eigenvalue weighted by Gasteiger charge is 2.37. The molecule has 2 aromatic rings. The molecular formula is C18H20N2O4. The standard InChI is InChI=1S/C18H20N2O4/c1-12-6-7-15(23-3)14(11-12)20-9-8-19(13(2)17(20)21)18(22)16-5-4-10-24-16/h4-7,10-11,13H,8-9H2,1-3H3. The lowest BCUT2D eigenvalue weighted by Gasteiger charge is -2.39. The van der Waals surface area contributed by atoms with Crippen LogP contribution >= 0.6 is 0 Å². The third-order valence-corrected chi connectivity index (χ3v) is 4.27. The van der Waals surface area contributed by atoms with E-state index < -0.39 is 6.04 Å². The Hall–Kier alpha value is -2.76. The minimum atomic E-state index is -0.568. The smallest absolute Gasteiger partial charge is 0.290 e. The van der Waals surface area contributed by atoms with Crippen LogP contribution in [0.4, 0.5) is 5.69 Å². The summed E-state index contributed by atoms with van der Waals surface area (Å²) < 4.78 is 10.5. The van der Waals surface area contributed by atoms with Crippen molar-refractivity contribution >= 4 is 17.5 Å². The number of hydrogen-bond donors (Lipinski definition) is 0. The van der Waals surface area contributed by atoms with Crippen molar-refractivity contribution in [2.24, 2.45) is 0 Å². The number of nitrogens with zero attached hydrogens (tertiary/aromatic N) is 2. The number of furan rings is 1. The maximum absolute atomic E-state index is 12.8. The van der Waals surface area contributed by atoms with Gasteiger partial charge in [0.2, 0.25) is 5.91 Å². The van der Waals surface area contributed by atoms with E-state index in [4.69, 9.17) is 9.15 Å². The van der Waals surface area contributed by atoms with E-state index in [1.807, 2.05) is 25.1 Å². The van der Waals surface area contributed by atoms with E-state index in [0.717, 1.165) is 11.3 Å². The van der Waals surface area contributed by atoms with E-state index in [-0.39, 0.29) is 17.6 Å². The molecule has 1 aliphatic heterocycles. The van der Waals surface area contributed by atoms with Crippen LogP contribution in [0.3, 0.4) is 0 Å². The van der Waals surface area contributed by atoms with Crippen LogP contribution in [0.1, 0.15) is 23.0 Å². The molecule has 0 spiro atoms. The van der Waals surface area contributed by atoms with Gasteiger partial charge in [-0.15, -0.1) is 0 Å². The lowest BCUT2D eigenvalue weighted by molar-refractivity contribution is -0.124. The summed E-state index contributed by atoms with van der Waals surface area (Å²) in [5.41, 5.74) is 1.78. The van der Waals surface area contributed by atoms with Gasteiger partial charge in [0.05, 0.1) is 19.1 Å². The number of ether oxygens (including phenoxy) is 1. The van der Waals surface area contributed by atoms with Gasteiger partial charge in [0.1, 0.15) is 11.8 Å². The van der Waals surface area contributed by atoms with Crippen LogP contribution in [0, 0.1) is 6.92 Å². The summed E-state index contributed by atoms with van der Waals surface area (Å²) >= 11 is 0. The van der Waals surface area contributed by atoms with Gasteiger partial charge >= 0.3 is 0 Å². The highest BCUT2D eigenvalue weighted by atomic mass is 16.5. The Bertz CT molecular complexity index is 754. The summed E-state index contributed by atoms with van der Waals surface area (Å²) in [6.07, 6.45) is 1.45. The summed E-state index contributed by atoms with van der Waals surface area (Å²) in [6.45, 7) is 4.55. The molecule has 2 amide bonds. The number of carbonyl (C=O) groups is 2. The van der Waals surface area contributed by atoms with Crippen LogP contribution in [-0.4, -0.2) is 43.0 Å². The van der Waals surface area contributed by atoms with E-state index >= 15 is 0 Å². The number of anilines is 1. The number of hydrogen-bond acceptors (Lipinski definition) is 4. The molecule has 24 heavy (non-hydrogen) atoms. The summed E-state index contributed by atoms with van der Waals surface area (Å²) in [5.74, 6) is 0.491. The van der Waals surface area contributed by atoms with E-state index in [9.17, 15) is 9.59 Å². The fourth-order valence-electron chi connectivity index (χ4n) is 2.94. The van der Waals surface area contributed by atoms with Gasteiger partial charge < -0.3 is 19.0 Å². The van der Waals surface area contributed by atoms with Crippen molar-refractivity contribution in [3.8, 4) is 5.75 Å². The van der Waals surface area contributed by atoms with Gasteiger partial charge in [-0.05, 0) is 43.7 Å². The normalized spacial score (nSPS) is 18.0. The number of amides is 2. The number of benzene rings is 1. The lowest BCUT2D eigenvalue weighted by Crippen LogP contribution is -2.57. The van der Waals surface area contributed by atoms with Crippen LogP contribution in [-0.2, 0) is 4.79 Å². The fourth-order valence-corrected chi connectivity index (χ4v) is 2.94. The van der Waals surface area contributed by atoms with Crippen molar-refractivity contribution in [3.63, 3.8) is 0 Å². The minimum Gasteiger partial charge on any atom is -0.495 e. The molecule has 6 heteroatoms. The highest BCUT2D eigenvalue weighted by Crippen LogP contribution is 2.31.